The zero-order chi connectivity index (χ0) is 21.1. The smallest absolute Gasteiger partial charge is 0.407 e. The molecule has 152 valence electrons. The lowest BCUT2D eigenvalue weighted by atomic mass is 9.84. The molecule has 9 heteroatoms. The van der Waals surface area contributed by atoms with Crippen LogP contribution in [0.25, 0.3) is 0 Å². The van der Waals surface area contributed by atoms with Gasteiger partial charge >= 0.3 is 6.09 Å². The number of aldehydes is 1. The van der Waals surface area contributed by atoms with E-state index < -0.39 is 6.09 Å². The summed E-state index contributed by atoms with van der Waals surface area (Å²) in [6, 6.07) is -0.263. The Labute approximate surface area is 169 Å². The number of rotatable bonds is 4. The molecule has 1 aliphatic heterocycles. The van der Waals surface area contributed by atoms with Crippen LogP contribution in [0.1, 0.15) is 48.7 Å². The normalized spacial score (nSPS) is 17.1. The number of anilines is 1. The summed E-state index contributed by atoms with van der Waals surface area (Å²) in [4.78, 5) is 43.5. The minimum atomic E-state index is -0.952. The van der Waals surface area contributed by atoms with Crippen LogP contribution >= 0.6 is 11.8 Å². The average molecular weight is 407 g/mol. The van der Waals surface area contributed by atoms with E-state index in [1.54, 1.807) is 17.7 Å². The number of hydrogen-bond donors (Lipinski definition) is 1. The molecule has 0 aliphatic carbocycles. The number of nitrogens with zero attached hydrogens (tertiary/aromatic N) is 4. The van der Waals surface area contributed by atoms with Crippen LogP contribution in [-0.2, 0) is 6.54 Å². The quantitative estimate of drug-likeness (QED) is 0.606. The Morgan fingerprint density at radius 3 is 2.54 bits per heavy atom. The Morgan fingerprint density at radius 2 is 2.04 bits per heavy atom. The van der Waals surface area contributed by atoms with E-state index in [1.807, 2.05) is 25.7 Å². The molecule has 2 rings (SSSR count). The van der Waals surface area contributed by atoms with Crippen molar-refractivity contribution in [3.8, 4) is 11.8 Å². The molecule has 1 saturated heterocycles. The van der Waals surface area contributed by atoms with Gasteiger partial charge in [-0.15, -0.1) is 5.92 Å². The van der Waals surface area contributed by atoms with Gasteiger partial charge < -0.3 is 14.9 Å². The van der Waals surface area contributed by atoms with E-state index >= 15 is 0 Å². The first-order valence-corrected chi connectivity index (χ1v) is 10.2. The third-order valence-electron chi connectivity index (χ3n) is 4.79. The van der Waals surface area contributed by atoms with Gasteiger partial charge in [-0.2, -0.15) is 0 Å². The van der Waals surface area contributed by atoms with Crippen molar-refractivity contribution >= 4 is 35.2 Å². The molecule has 1 atom stereocenters. The molecule has 28 heavy (non-hydrogen) atoms. The van der Waals surface area contributed by atoms with Gasteiger partial charge in [0.25, 0.3) is 0 Å². The molecule has 1 fully saturated rings. The van der Waals surface area contributed by atoms with E-state index in [0.29, 0.717) is 31.9 Å². The Kier molecular flexibility index (Phi) is 6.77. The fourth-order valence-corrected chi connectivity index (χ4v) is 3.75. The lowest BCUT2D eigenvalue weighted by Crippen LogP contribution is -2.60. The van der Waals surface area contributed by atoms with Crippen molar-refractivity contribution in [3.05, 3.63) is 11.4 Å². The Morgan fingerprint density at radius 1 is 1.36 bits per heavy atom. The minimum absolute atomic E-state index is 0.0835. The van der Waals surface area contributed by atoms with E-state index in [0.717, 1.165) is 11.8 Å². The summed E-state index contributed by atoms with van der Waals surface area (Å²) in [6.45, 7) is 9.05. The molecule has 2 heterocycles. The summed E-state index contributed by atoms with van der Waals surface area (Å²) >= 11 is 1.01. The van der Waals surface area contributed by atoms with Crippen molar-refractivity contribution in [2.45, 2.75) is 40.3 Å². The van der Waals surface area contributed by atoms with Crippen molar-refractivity contribution in [1.29, 1.82) is 0 Å². The number of hydrogen-bond acceptors (Lipinski definition) is 6. The van der Waals surface area contributed by atoms with Crippen LogP contribution in [0, 0.1) is 17.3 Å². The molecule has 0 spiro atoms. The van der Waals surface area contributed by atoms with Gasteiger partial charge in [0.2, 0.25) is 11.1 Å². The highest BCUT2D eigenvalue weighted by molar-refractivity contribution is 8.13. The van der Waals surface area contributed by atoms with Crippen LogP contribution in [0.3, 0.4) is 0 Å². The van der Waals surface area contributed by atoms with Gasteiger partial charge in [-0.3, -0.25) is 14.2 Å². The molecular weight excluding hydrogens is 380 g/mol. The maximum atomic E-state index is 12.4. The van der Waals surface area contributed by atoms with Crippen molar-refractivity contribution in [2.24, 2.45) is 5.41 Å². The highest BCUT2D eigenvalue weighted by Gasteiger charge is 2.39. The van der Waals surface area contributed by atoms with Crippen molar-refractivity contribution in [1.82, 2.24) is 14.5 Å². The third kappa shape index (κ3) is 4.33. The van der Waals surface area contributed by atoms with Crippen molar-refractivity contribution in [2.75, 3.05) is 30.8 Å². The van der Waals surface area contributed by atoms with Gasteiger partial charge in [-0.25, -0.2) is 9.78 Å². The predicted octanol–water partition coefficient (Wildman–Crippen LogP) is 2.44. The second-order valence-electron chi connectivity index (χ2n) is 7.57. The second-order valence-corrected chi connectivity index (χ2v) is 8.35. The largest absolute Gasteiger partial charge is 0.465 e. The van der Waals surface area contributed by atoms with Gasteiger partial charge in [0.15, 0.2) is 6.29 Å². The van der Waals surface area contributed by atoms with Crippen LogP contribution < -0.4 is 4.90 Å². The summed E-state index contributed by atoms with van der Waals surface area (Å²) < 4.78 is 1.66. The molecule has 8 nitrogen and oxygen atoms in total. The van der Waals surface area contributed by atoms with Gasteiger partial charge in [0.05, 0.1) is 12.6 Å². The molecule has 0 aromatic carbocycles. The molecule has 1 unspecified atom stereocenters. The molecule has 1 amide bonds. The molecule has 0 saturated carbocycles. The van der Waals surface area contributed by atoms with Crippen LogP contribution in [0.2, 0.25) is 0 Å². The summed E-state index contributed by atoms with van der Waals surface area (Å²) in [5.74, 6) is 6.21. The number of piperazine rings is 1. The number of carbonyl (C=O) groups is 3. The average Bonchev–Trinajstić information content (AvgIpc) is 3.02. The first kappa shape index (κ1) is 21.8. The molecular formula is C19H26N4O4S. The van der Waals surface area contributed by atoms with Crippen LogP contribution in [0.15, 0.2) is 0 Å². The first-order chi connectivity index (χ1) is 13.1. The maximum absolute atomic E-state index is 12.4. The fraction of sp³-hybridized carbons (Fsp3) is 0.579. The number of thioether (sulfide) groups is 1. The van der Waals surface area contributed by atoms with Gasteiger partial charge in [-0.05, 0) is 18.6 Å². The zero-order valence-electron chi connectivity index (χ0n) is 16.9. The second kappa shape index (κ2) is 8.69. The van der Waals surface area contributed by atoms with Crippen LogP contribution in [0.4, 0.5) is 10.7 Å². The minimum Gasteiger partial charge on any atom is -0.465 e. The Hall–Kier alpha value is -2.47. The van der Waals surface area contributed by atoms with Crippen LogP contribution in [0.5, 0.6) is 0 Å². The van der Waals surface area contributed by atoms with Gasteiger partial charge in [-0.1, -0.05) is 38.5 Å². The standard InChI is InChI=1S/C19H26N4O4S/c1-6-7-8-23-15(16(25)28-5)13(12-24)20-17(23)21-9-10-22(18(26)27)14(11-21)19(2,3)4/h12,14H,8-11H2,1-5H3,(H,26,27). The molecule has 1 aromatic rings. The molecule has 1 aromatic heterocycles. The lowest BCUT2D eigenvalue weighted by molar-refractivity contribution is 0.0744. The zero-order valence-corrected chi connectivity index (χ0v) is 17.7. The SMILES string of the molecule is CC#CCn1c(N2CCN(C(=O)O)C(C(C)(C)C)C2)nc(C=O)c1C(=O)SC. The van der Waals surface area contributed by atoms with Crippen molar-refractivity contribution < 1.29 is 19.5 Å². The summed E-state index contributed by atoms with van der Waals surface area (Å²) in [5, 5.41) is 9.31. The van der Waals surface area contributed by atoms with Gasteiger partial charge in [0.1, 0.15) is 11.4 Å². The summed E-state index contributed by atoms with van der Waals surface area (Å²) in [6.07, 6.45) is 1.28. The maximum Gasteiger partial charge on any atom is 0.407 e. The monoisotopic (exact) mass is 406 g/mol. The number of aromatic nitrogens is 2. The number of carboxylic acid groups (broad SMARTS) is 1. The fourth-order valence-electron chi connectivity index (χ4n) is 3.34. The Balaban J connectivity index is 2.52. The summed E-state index contributed by atoms with van der Waals surface area (Å²) in [5.41, 5.74) is 0.0248. The number of amides is 1. The summed E-state index contributed by atoms with van der Waals surface area (Å²) in [7, 11) is 0. The van der Waals surface area contributed by atoms with E-state index in [-0.39, 0.29) is 34.5 Å². The molecule has 1 N–H and O–H groups in total. The van der Waals surface area contributed by atoms with Gasteiger partial charge in [0, 0.05) is 19.6 Å². The highest BCUT2D eigenvalue weighted by Crippen LogP contribution is 2.31. The Bertz CT molecular complexity index is 831. The van der Waals surface area contributed by atoms with Crippen LogP contribution in [-0.4, -0.2) is 69.0 Å². The first-order valence-electron chi connectivity index (χ1n) is 8.93. The van der Waals surface area contributed by atoms with E-state index in [1.165, 1.54) is 4.90 Å². The van der Waals surface area contributed by atoms with E-state index in [2.05, 4.69) is 16.8 Å². The van der Waals surface area contributed by atoms with E-state index in [9.17, 15) is 19.5 Å². The number of imidazole rings is 1. The number of carbonyl (C=O) groups excluding carboxylic acids is 2. The third-order valence-corrected chi connectivity index (χ3v) is 5.35. The molecule has 1 aliphatic rings. The topological polar surface area (TPSA) is 95.7 Å². The highest BCUT2D eigenvalue weighted by atomic mass is 32.2. The predicted molar refractivity (Wildman–Crippen MR) is 109 cm³/mol. The molecule has 0 radical (unpaired) electrons. The lowest BCUT2D eigenvalue weighted by Gasteiger charge is -2.46. The van der Waals surface area contributed by atoms with Crippen molar-refractivity contribution in [3.63, 3.8) is 0 Å². The van der Waals surface area contributed by atoms with E-state index in [4.69, 9.17) is 0 Å². The molecule has 0 bridgehead atoms.